The van der Waals surface area contributed by atoms with Crippen LogP contribution in [0.25, 0.3) is 0 Å². The van der Waals surface area contributed by atoms with Gasteiger partial charge in [-0.1, -0.05) is 85.8 Å². The summed E-state index contributed by atoms with van der Waals surface area (Å²) in [5, 5.41) is 0. The van der Waals surface area contributed by atoms with E-state index in [1.165, 1.54) is 5.56 Å². The van der Waals surface area contributed by atoms with E-state index in [-0.39, 0.29) is 0 Å². The van der Waals surface area contributed by atoms with E-state index >= 15 is 0 Å². The molecule has 0 spiro atoms. The third kappa shape index (κ3) is 3.48. The van der Waals surface area contributed by atoms with Crippen LogP contribution in [0.1, 0.15) is 30.0 Å². The fourth-order valence-electron chi connectivity index (χ4n) is 3.67. The molecule has 2 nitrogen and oxygen atoms in total. The van der Waals surface area contributed by atoms with Crippen LogP contribution in [0.2, 0.25) is 0 Å². The molecule has 0 amide bonds. The van der Waals surface area contributed by atoms with E-state index in [0.29, 0.717) is 0 Å². The van der Waals surface area contributed by atoms with Crippen molar-refractivity contribution in [2.75, 3.05) is 14.2 Å². The Morgan fingerprint density at radius 1 is 0.704 bits per heavy atom. The highest BCUT2D eigenvalue weighted by Crippen LogP contribution is 2.47. The summed E-state index contributed by atoms with van der Waals surface area (Å²) in [4.78, 5) is 0. The molecule has 0 aliphatic heterocycles. The summed E-state index contributed by atoms with van der Waals surface area (Å²) in [7, 11) is 3.45. The van der Waals surface area contributed by atoms with Gasteiger partial charge in [0.15, 0.2) is 0 Å². The molecule has 0 aliphatic rings. The van der Waals surface area contributed by atoms with Crippen molar-refractivity contribution in [3.05, 3.63) is 108 Å². The van der Waals surface area contributed by atoms with Crippen molar-refractivity contribution in [3.8, 4) is 11.5 Å². The van der Waals surface area contributed by atoms with E-state index in [0.717, 1.165) is 29.0 Å². The maximum absolute atomic E-state index is 5.77. The first-order valence-electron chi connectivity index (χ1n) is 9.28. The Balaban J connectivity index is 2.45. The zero-order chi connectivity index (χ0) is 19.1. The quantitative estimate of drug-likeness (QED) is 0.381. The van der Waals surface area contributed by atoms with E-state index in [4.69, 9.17) is 9.47 Å². The van der Waals surface area contributed by atoms with Crippen LogP contribution in [0.15, 0.2) is 91.0 Å². The van der Waals surface area contributed by atoms with Crippen LogP contribution < -0.4 is 9.47 Å². The van der Waals surface area contributed by atoms with Gasteiger partial charge in [-0.2, -0.15) is 0 Å². The molecule has 138 valence electrons. The second kappa shape index (κ2) is 8.59. The topological polar surface area (TPSA) is 18.5 Å². The third-order valence-corrected chi connectivity index (χ3v) is 4.90. The molecule has 0 aliphatic carbocycles. The standard InChI is InChI=1S/C25H26O2/c1-4-5-19-25(20-13-7-6-8-14-20,21-15-9-11-17-23(21)26-2)22-16-10-12-18-24(22)27-3/h5-19H,4H2,1-3H3/b19-5+. The lowest BCUT2D eigenvalue weighted by atomic mass is 9.68. The van der Waals surface area contributed by atoms with Crippen LogP contribution in [0.4, 0.5) is 0 Å². The average Bonchev–Trinajstić information content (AvgIpc) is 2.75. The van der Waals surface area contributed by atoms with Gasteiger partial charge in [0.05, 0.1) is 19.6 Å². The fraction of sp³-hybridized carbons (Fsp3) is 0.200. The summed E-state index contributed by atoms with van der Waals surface area (Å²) in [6, 6.07) is 27.0. The molecule has 0 heterocycles. The first-order chi connectivity index (χ1) is 13.3. The normalized spacial score (nSPS) is 11.5. The van der Waals surface area contributed by atoms with Gasteiger partial charge in [0, 0.05) is 11.1 Å². The number of methoxy groups -OCH3 is 2. The monoisotopic (exact) mass is 358 g/mol. The molecule has 0 fully saturated rings. The largest absolute Gasteiger partial charge is 0.496 e. The summed E-state index contributed by atoms with van der Waals surface area (Å²) in [6.07, 6.45) is 5.43. The van der Waals surface area contributed by atoms with Gasteiger partial charge in [-0.05, 0) is 24.1 Å². The predicted molar refractivity (Wildman–Crippen MR) is 112 cm³/mol. The molecule has 0 unspecified atom stereocenters. The number of allylic oxidation sites excluding steroid dienone is 2. The maximum atomic E-state index is 5.77. The summed E-state index contributed by atoms with van der Waals surface area (Å²) in [5.41, 5.74) is 2.83. The first kappa shape index (κ1) is 18.8. The minimum atomic E-state index is -0.517. The second-order valence-electron chi connectivity index (χ2n) is 6.39. The highest BCUT2D eigenvalue weighted by molar-refractivity contribution is 5.62. The van der Waals surface area contributed by atoms with Crippen LogP contribution in [0.3, 0.4) is 0 Å². The lowest BCUT2D eigenvalue weighted by Gasteiger charge is -2.35. The van der Waals surface area contributed by atoms with Gasteiger partial charge >= 0.3 is 0 Å². The van der Waals surface area contributed by atoms with Gasteiger partial charge in [-0.25, -0.2) is 0 Å². The summed E-state index contributed by atoms with van der Waals surface area (Å²) < 4.78 is 11.5. The van der Waals surface area contributed by atoms with Crippen molar-refractivity contribution < 1.29 is 9.47 Å². The van der Waals surface area contributed by atoms with Gasteiger partial charge in [0.1, 0.15) is 11.5 Å². The number of hydrogen-bond acceptors (Lipinski definition) is 2. The van der Waals surface area contributed by atoms with Gasteiger partial charge in [0.25, 0.3) is 0 Å². The van der Waals surface area contributed by atoms with Crippen molar-refractivity contribution >= 4 is 0 Å². The molecule has 0 bridgehead atoms. The third-order valence-electron chi connectivity index (χ3n) is 4.90. The molecule has 0 aromatic heterocycles. The van der Waals surface area contributed by atoms with E-state index in [1.807, 2.05) is 30.3 Å². The van der Waals surface area contributed by atoms with E-state index < -0.39 is 5.41 Å². The van der Waals surface area contributed by atoms with Crippen LogP contribution >= 0.6 is 0 Å². The Bertz CT molecular complexity index is 849. The molecule has 0 N–H and O–H groups in total. The molecule has 2 heteroatoms. The van der Waals surface area contributed by atoms with Crippen molar-refractivity contribution in [1.82, 2.24) is 0 Å². The Morgan fingerprint density at radius 2 is 1.19 bits per heavy atom. The van der Waals surface area contributed by atoms with Crippen LogP contribution in [0.5, 0.6) is 11.5 Å². The number of benzene rings is 3. The highest BCUT2D eigenvalue weighted by atomic mass is 16.5. The molecule has 3 aromatic rings. The van der Waals surface area contributed by atoms with E-state index in [9.17, 15) is 0 Å². The lowest BCUT2D eigenvalue weighted by molar-refractivity contribution is 0.396. The maximum Gasteiger partial charge on any atom is 0.123 e. The molecular weight excluding hydrogens is 332 g/mol. The Hall–Kier alpha value is -3.00. The van der Waals surface area contributed by atoms with E-state index in [1.54, 1.807) is 14.2 Å². The Morgan fingerprint density at radius 3 is 1.67 bits per heavy atom. The van der Waals surface area contributed by atoms with E-state index in [2.05, 4.69) is 67.6 Å². The molecule has 0 saturated heterocycles. The summed E-state index contributed by atoms with van der Waals surface area (Å²) >= 11 is 0. The zero-order valence-electron chi connectivity index (χ0n) is 16.2. The molecule has 3 rings (SSSR count). The van der Waals surface area contributed by atoms with Gasteiger partial charge in [-0.3, -0.25) is 0 Å². The fourth-order valence-corrected chi connectivity index (χ4v) is 3.67. The van der Waals surface area contributed by atoms with Crippen molar-refractivity contribution in [3.63, 3.8) is 0 Å². The Labute approximate surface area is 162 Å². The second-order valence-corrected chi connectivity index (χ2v) is 6.39. The van der Waals surface area contributed by atoms with Crippen molar-refractivity contribution in [2.24, 2.45) is 0 Å². The number of hydrogen-bond donors (Lipinski definition) is 0. The number of para-hydroxylation sites is 2. The summed E-state index contributed by atoms with van der Waals surface area (Å²) in [6.45, 7) is 2.15. The average molecular weight is 358 g/mol. The van der Waals surface area contributed by atoms with Crippen LogP contribution in [-0.4, -0.2) is 14.2 Å². The first-order valence-corrected chi connectivity index (χ1v) is 9.28. The van der Waals surface area contributed by atoms with Crippen molar-refractivity contribution in [2.45, 2.75) is 18.8 Å². The number of rotatable bonds is 7. The zero-order valence-corrected chi connectivity index (χ0v) is 16.2. The SMILES string of the molecule is CC/C=C/C(c1ccccc1)(c1ccccc1OC)c1ccccc1OC. The van der Waals surface area contributed by atoms with Crippen LogP contribution in [-0.2, 0) is 5.41 Å². The lowest BCUT2D eigenvalue weighted by Crippen LogP contribution is -2.28. The summed E-state index contributed by atoms with van der Waals surface area (Å²) in [5.74, 6) is 1.71. The predicted octanol–water partition coefficient (Wildman–Crippen LogP) is 6.00. The van der Waals surface area contributed by atoms with Gasteiger partial charge < -0.3 is 9.47 Å². The molecule has 0 radical (unpaired) electrons. The smallest absolute Gasteiger partial charge is 0.123 e. The molecule has 27 heavy (non-hydrogen) atoms. The van der Waals surface area contributed by atoms with Gasteiger partial charge in [-0.15, -0.1) is 0 Å². The number of ether oxygens (including phenoxy) is 2. The van der Waals surface area contributed by atoms with Gasteiger partial charge in [0.2, 0.25) is 0 Å². The molecule has 3 aromatic carbocycles. The molecule has 0 saturated carbocycles. The Kier molecular flexibility index (Phi) is 5.97. The van der Waals surface area contributed by atoms with Crippen LogP contribution in [0, 0.1) is 0 Å². The van der Waals surface area contributed by atoms with Crippen molar-refractivity contribution in [1.29, 1.82) is 0 Å². The minimum Gasteiger partial charge on any atom is -0.496 e. The highest BCUT2D eigenvalue weighted by Gasteiger charge is 2.38. The minimum absolute atomic E-state index is 0.517. The molecule has 0 atom stereocenters. The molecular formula is C25H26O2.